The highest BCUT2D eigenvalue weighted by Crippen LogP contribution is 2.28. The fourth-order valence-electron chi connectivity index (χ4n) is 2.79. The summed E-state index contributed by atoms with van der Waals surface area (Å²) in [7, 11) is 0. The van der Waals surface area contributed by atoms with Gasteiger partial charge in [-0.3, -0.25) is 4.79 Å². The number of ketones is 1. The molecule has 1 saturated carbocycles. The second kappa shape index (κ2) is 6.93. The highest BCUT2D eigenvalue weighted by molar-refractivity contribution is 5.97. The number of hydrogen-bond donors (Lipinski definition) is 0. The largest absolute Gasteiger partial charge is 0.370 e. The van der Waals surface area contributed by atoms with Gasteiger partial charge in [0.2, 0.25) is 0 Å². The molecule has 1 aliphatic rings. The normalized spacial score (nSPS) is 22.8. The van der Waals surface area contributed by atoms with Crippen molar-refractivity contribution >= 4 is 5.78 Å². The Morgan fingerprint density at radius 3 is 2.65 bits per heavy atom. The van der Waals surface area contributed by atoms with Crippen LogP contribution in [-0.4, -0.2) is 18.5 Å². The highest BCUT2D eigenvalue weighted by atomic mass is 19.1. The zero-order valence-electron chi connectivity index (χ0n) is 11.7. The second-order valence-electron chi connectivity index (χ2n) is 5.39. The summed E-state index contributed by atoms with van der Waals surface area (Å²) < 4.78 is 32.5. The van der Waals surface area contributed by atoms with Crippen LogP contribution in [0.25, 0.3) is 0 Å². The molecule has 2 rings (SSSR count). The molecule has 1 fully saturated rings. The molecule has 1 aliphatic carbocycles. The van der Waals surface area contributed by atoms with E-state index >= 15 is 0 Å². The van der Waals surface area contributed by atoms with Gasteiger partial charge in [0.25, 0.3) is 0 Å². The first-order chi connectivity index (χ1) is 9.61. The molecule has 110 valence electrons. The van der Waals surface area contributed by atoms with Crippen LogP contribution in [0.3, 0.4) is 0 Å². The molecule has 0 N–H and O–H groups in total. The molecular weight excluding hydrogens is 262 g/mol. The third-order valence-corrected chi connectivity index (χ3v) is 4.00. The van der Waals surface area contributed by atoms with Gasteiger partial charge in [-0.25, -0.2) is 8.78 Å². The number of ether oxygens (including phenoxy) is 1. The van der Waals surface area contributed by atoms with Gasteiger partial charge in [0.1, 0.15) is 18.2 Å². The van der Waals surface area contributed by atoms with Crippen molar-refractivity contribution in [3.05, 3.63) is 35.4 Å². The van der Waals surface area contributed by atoms with Crippen molar-refractivity contribution in [3.8, 4) is 0 Å². The summed E-state index contributed by atoms with van der Waals surface area (Å²) in [6.07, 6.45) is 5.29. The molecule has 20 heavy (non-hydrogen) atoms. The molecule has 0 spiro atoms. The van der Waals surface area contributed by atoms with E-state index in [9.17, 15) is 13.6 Å². The van der Waals surface area contributed by atoms with Gasteiger partial charge in [-0.05, 0) is 30.9 Å². The molecule has 0 heterocycles. The van der Waals surface area contributed by atoms with Crippen LogP contribution in [0.1, 0.15) is 49.4 Å². The molecule has 0 amide bonds. The summed E-state index contributed by atoms with van der Waals surface area (Å²) in [5.41, 5.74) is -0.490. The van der Waals surface area contributed by atoms with E-state index in [1.54, 1.807) is 0 Å². The smallest absolute Gasteiger partial charge is 0.194 e. The highest BCUT2D eigenvalue weighted by Gasteiger charge is 2.23. The van der Waals surface area contributed by atoms with Gasteiger partial charge in [0, 0.05) is 0 Å². The van der Waals surface area contributed by atoms with Crippen LogP contribution in [-0.2, 0) is 4.74 Å². The van der Waals surface area contributed by atoms with Crippen molar-refractivity contribution in [2.75, 3.05) is 6.61 Å². The van der Waals surface area contributed by atoms with E-state index in [-0.39, 0.29) is 12.7 Å². The van der Waals surface area contributed by atoms with Gasteiger partial charge < -0.3 is 4.74 Å². The Morgan fingerprint density at radius 2 is 2.00 bits per heavy atom. The van der Waals surface area contributed by atoms with Crippen molar-refractivity contribution in [1.29, 1.82) is 0 Å². The molecule has 2 nitrogen and oxygen atoms in total. The maximum atomic E-state index is 13.5. The molecule has 4 heteroatoms. The van der Waals surface area contributed by atoms with Crippen molar-refractivity contribution in [2.45, 2.75) is 45.1 Å². The lowest BCUT2D eigenvalue weighted by Gasteiger charge is -2.28. The fourth-order valence-corrected chi connectivity index (χ4v) is 2.79. The van der Waals surface area contributed by atoms with Crippen LogP contribution in [0.4, 0.5) is 8.78 Å². The fraction of sp³-hybridized carbons (Fsp3) is 0.562. The molecule has 0 bridgehead atoms. The number of carbonyl (C=O) groups excluding carboxylic acids is 1. The Morgan fingerprint density at radius 1 is 1.30 bits per heavy atom. The zero-order valence-corrected chi connectivity index (χ0v) is 11.7. The topological polar surface area (TPSA) is 26.3 Å². The van der Waals surface area contributed by atoms with E-state index < -0.39 is 23.0 Å². The van der Waals surface area contributed by atoms with Crippen LogP contribution in [0.15, 0.2) is 18.2 Å². The standard InChI is InChI=1S/C16H20F2O2/c1-2-11-5-3-6-12(9-11)20-10-15(19)16-13(17)7-4-8-14(16)18/h4,7-8,11-12H,2-3,5-6,9-10H2,1H3. The summed E-state index contributed by atoms with van der Waals surface area (Å²) in [4.78, 5) is 11.9. The minimum Gasteiger partial charge on any atom is -0.370 e. The first-order valence-electron chi connectivity index (χ1n) is 7.20. The Hall–Kier alpha value is -1.29. The third kappa shape index (κ3) is 3.63. The average molecular weight is 282 g/mol. The number of Topliss-reactive ketones (excluding diaryl/α,β-unsaturated/α-hetero) is 1. The number of rotatable bonds is 5. The van der Waals surface area contributed by atoms with E-state index in [1.807, 2.05) is 0 Å². The first kappa shape index (κ1) is 15.1. The summed E-state index contributed by atoms with van der Waals surface area (Å²) in [5.74, 6) is -1.64. The molecule has 2 atom stereocenters. The van der Waals surface area contributed by atoms with Gasteiger partial charge in [-0.15, -0.1) is 0 Å². The van der Waals surface area contributed by atoms with Crippen LogP contribution in [0.5, 0.6) is 0 Å². The molecular formula is C16H20F2O2. The van der Waals surface area contributed by atoms with E-state index in [0.29, 0.717) is 5.92 Å². The van der Waals surface area contributed by atoms with Crippen molar-refractivity contribution in [1.82, 2.24) is 0 Å². The number of halogens is 2. The number of hydrogen-bond acceptors (Lipinski definition) is 2. The van der Waals surface area contributed by atoms with Crippen molar-refractivity contribution in [2.24, 2.45) is 5.92 Å². The molecule has 1 aromatic carbocycles. The summed E-state index contributed by atoms with van der Waals surface area (Å²) in [5, 5.41) is 0. The molecule has 0 aromatic heterocycles. The molecule has 0 radical (unpaired) electrons. The Bertz CT molecular complexity index is 453. The Balaban J connectivity index is 1.92. The van der Waals surface area contributed by atoms with E-state index in [4.69, 9.17) is 4.74 Å². The third-order valence-electron chi connectivity index (χ3n) is 4.00. The SMILES string of the molecule is CCC1CCCC(OCC(=O)c2c(F)cccc2F)C1. The lowest BCUT2D eigenvalue weighted by atomic mass is 9.85. The Labute approximate surface area is 118 Å². The van der Waals surface area contributed by atoms with E-state index in [1.165, 1.54) is 12.5 Å². The minimum absolute atomic E-state index is 0.0347. The van der Waals surface area contributed by atoms with E-state index in [2.05, 4.69) is 6.92 Å². The predicted octanol–water partition coefficient (Wildman–Crippen LogP) is 4.13. The monoisotopic (exact) mass is 282 g/mol. The van der Waals surface area contributed by atoms with Gasteiger partial charge >= 0.3 is 0 Å². The summed E-state index contributed by atoms with van der Waals surface area (Å²) in [6.45, 7) is 1.89. The van der Waals surface area contributed by atoms with Gasteiger partial charge in [-0.2, -0.15) is 0 Å². The zero-order chi connectivity index (χ0) is 14.5. The van der Waals surface area contributed by atoms with Crippen LogP contribution in [0, 0.1) is 17.6 Å². The van der Waals surface area contributed by atoms with Crippen molar-refractivity contribution < 1.29 is 18.3 Å². The van der Waals surface area contributed by atoms with E-state index in [0.717, 1.165) is 37.8 Å². The quantitative estimate of drug-likeness (QED) is 0.759. The maximum Gasteiger partial charge on any atom is 0.194 e. The predicted molar refractivity (Wildman–Crippen MR) is 72.7 cm³/mol. The molecule has 1 aromatic rings. The molecule has 0 saturated heterocycles. The van der Waals surface area contributed by atoms with Gasteiger partial charge in [0.05, 0.1) is 11.7 Å². The molecule has 2 unspecified atom stereocenters. The lowest BCUT2D eigenvalue weighted by Crippen LogP contribution is -2.25. The number of carbonyl (C=O) groups is 1. The maximum absolute atomic E-state index is 13.5. The number of benzene rings is 1. The Kier molecular flexibility index (Phi) is 5.24. The molecule has 0 aliphatic heterocycles. The van der Waals surface area contributed by atoms with Crippen molar-refractivity contribution in [3.63, 3.8) is 0 Å². The lowest BCUT2D eigenvalue weighted by molar-refractivity contribution is 0.0153. The van der Waals surface area contributed by atoms with Crippen LogP contribution >= 0.6 is 0 Å². The first-order valence-corrected chi connectivity index (χ1v) is 7.20. The summed E-state index contributed by atoms with van der Waals surface area (Å²) >= 11 is 0. The average Bonchev–Trinajstić information content (AvgIpc) is 2.45. The second-order valence-corrected chi connectivity index (χ2v) is 5.39. The minimum atomic E-state index is -0.825. The van der Waals surface area contributed by atoms with Gasteiger partial charge in [0.15, 0.2) is 5.78 Å². The van der Waals surface area contributed by atoms with Crippen LogP contribution < -0.4 is 0 Å². The van der Waals surface area contributed by atoms with Gasteiger partial charge in [-0.1, -0.05) is 32.3 Å². The van der Waals surface area contributed by atoms with Crippen LogP contribution in [0.2, 0.25) is 0 Å². The summed E-state index contributed by atoms with van der Waals surface area (Å²) in [6, 6.07) is 3.42.